The smallest absolute Gasteiger partial charge is 0.251 e. The number of nitrogens with one attached hydrogen (secondary N) is 2. The van der Waals surface area contributed by atoms with E-state index in [9.17, 15) is 9.59 Å². The lowest BCUT2D eigenvalue weighted by atomic mass is 9.94. The van der Waals surface area contributed by atoms with Crippen molar-refractivity contribution >= 4 is 28.9 Å². The highest BCUT2D eigenvalue weighted by Gasteiger charge is 2.33. The Morgan fingerprint density at radius 2 is 1.89 bits per heavy atom. The third kappa shape index (κ3) is 4.06. The number of nitrogens with zero attached hydrogens (tertiary/aromatic N) is 2. The van der Waals surface area contributed by atoms with Crippen molar-refractivity contribution in [1.82, 2.24) is 10.2 Å². The Balaban J connectivity index is 1.89. The van der Waals surface area contributed by atoms with Gasteiger partial charge in [0.2, 0.25) is 5.91 Å². The third-order valence-corrected chi connectivity index (χ3v) is 4.53. The summed E-state index contributed by atoms with van der Waals surface area (Å²) < 4.78 is 0. The van der Waals surface area contributed by atoms with E-state index in [1.807, 2.05) is 45.3 Å². The van der Waals surface area contributed by atoms with E-state index >= 15 is 0 Å². The molecule has 1 aliphatic heterocycles. The van der Waals surface area contributed by atoms with Gasteiger partial charge in [0.1, 0.15) is 5.92 Å². The second kappa shape index (κ2) is 7.72. The Morgan fingerprint density at radius 1 is 1.19 bits per heavy atom. The number of benzene rings is 2. The van der Waals surface area contributed by atoms with Crippen LogP contribution in [0.3, 0.4) is 0 Å². The molecule has 0 bridgehead atoms. The third-order valence-electron chi connectivity index (χ3n) is 4.53. The molecule has 0 saturated carbocycles. The van der Waals surface area contributed by atoms with Gasteiger partial charge >= 0.3 is 0 Å². The van der Waals surface area contributed by atoms with Gasteiger partial charge in [-0.1, -0.05) is 12.1 Å². The topological polar surface area (TPSA) is 73.8 Å². The molecule has 1 atom stereocenters. The Hall–Kier alpha value is -2.99. The van der Waals surface area contributed by atoms with Crippen molar-refractivity contribution in [2.75, 3.05) is 26.5 Å². The molecule has 1 heterocycles. The van der Waals surface area contributed by atoms with E-state index < -0.39 is 5.92 Å². The van der Waals surface area contributed by atoms with Gasteiger partial charge in [-0.2, -0.15) is 0 Å². The molecule has 0 spiro atoms. The molecular formula is C21H24N4O2. The lowest BCUT2D eigenvalue weighted by Crippen LogP contribution is -2.20. The summed E-state index contributed by atoms with van der Waals surface area (Å²) in [5, 5.41) is 5.48. The molecule has 2 N–H and O–H groups in total. The fourth-order valence-corrected chi connectivity index (χ4v) is 3.27. The van der Waals surface area contributed by atoms with Crippen LogP contribution in [0.25, 0.3) is 0 Å². The molecule has 0 radical (unpaired) electrons. The van der Waals surface area contributed by atoms with Crippen LogP contribution in [0, 0.1) is 0 Å². The molecule has 27 heavy (non-hydrogen) atoms. The first-order valence-corrected chi connectivity index (χ1v) is 8.85. The molecule has 6 heteroatoms. The van der Waals surface area contributed by atoms with Crippen LogP contribution in [-0.2, 0) is 11.3 Å². The number of hydrogen-bond acceptors (Lipinski definition) is 4. The van der Waals surface area contributed by atoms with Gasteiger partial charge in [0.05, 0.1) is 5.69 Å². The summed E-state index contributed by atoms with van der Waals surface area (Å²) in [5.74, 6) is -0.794. The number of fused-ring (bicyclic) bond motifs is 1. The highest BCUT2D eigenvalue weighted by atomic mass is 16.2. The second-order valence-corrected chi connectivity index (χ2v) is 6.96. The molecule has 0 saturated heterocycles. The highest BCUT2D eigenvalue weighted by Crippen LogP contribution is 2.35. The van der Waals surface area contributed by atoms with Gasteiger partial charge < -0.3 is 15.5 Å². The van der Waals surface area contributed by atoms with Crippen molar-refractivity contribution in [2.45, 2.75) is 19.4 Å². The summed E-state index contributed by atoms with van der Waals surface area (Å²) in [6.45, 7) is 2.71. The van der Waals surface area contributed by atoms with E-state index in [1.165, 1.54) is 5.56 Å². The molecule has 2 aromatic rings. The van der Waals surface area contributed by atoms with Crippen LogP contribution in [0.4, 0.5) is 11.4 Å². The molecule has 2 amide bonds. The predicted octanol–water partition coefficient (Wildman–Crippen LogP) is 2.94. The normalized spacial score (nSPS) is 16.3. The van der Waals surface area contributed by atoms with Gasteiger partial charge in [-0.25, -0.2) is 0 Å². The van der Waals surface area contributed by atoms with E-state index in [0.29, 0.717) is 11.3 Å². The summed E-state index contributed by atoms with van der Waals surface area (Å²) in [4.78, 5) is 31.2. The summed E-state index contributed by atoms with van der Waals surface area (Å²) in [5.41, 5.74) is 4.74. The largest absolute Gasteiger partial charge is 0.355 e. The van der Waals surface area contributed by atoms with Gasteiger partial charge in [0, 0.05) is 30.6 Å². The number of carbonyl (C=O) groups is 2. The fourth-order valence-electron chi connectivity index (χ4n) is 3.27. The van der Waals surface area contributed by atoms with Gasteiger partial charge in [-0.15, -0.1) is 0 Å². The van der Waals surface area contributed by atoms with Crippen LogP contribution >= 0.6 is 0 Å². The summed E-state index contributed by atoms with van der Waals surface area (Å²) in [6, 6.07) is 13.2. The molecule has 1 unspecified atom stereocenters. The number of amides is 2. The Bertz CT molecular complexity index is 901. The van der Waals surface area contributed by atoms with Crippen molar-refractivity contribution in [3.8, 4) is 0 Å². The standard InChI is InChI=1S/C21H24N4O2/c1-13(23-16-8-5-14(6-9-16)12-25(3)4)19-17-11-15(20(26)22-2)7-10-18(17)24-21(19)27/h5-11,19H,12H2,1-4H3,(H,22,26)(H,24,27). The van der Waals surface area contributed by atoms with Crippen LogP contribution in [-0.4, -0.2) is 43.6 Å². The molecule has 140 valence electrons. The molecule has 6 nitrogen and oxygen atoms in total. The van der Waals surface area contributed by atoms with E-state index in [2.05, 4.69) is 20.5 Å². The van der Waals surface area contributed by atoms with Crippen LogP contribution in [0.2, 0.25) is 0 Å². The van der Waals surface area contributed by atoms with Crippen molar-refractivity contribution in [2.24, 2.45) is 4.99 Å². The van der Waals surface area contributed by atoms with E-state index in [1.54, 1.807) is 25.2 Å². The van der Waals surface area contributed by atoms with Gasteiger partial charge in [0.25, 0.3) is 5.91 Å². The first-order chi connectivity index (χ1) is 12.9. The van der Waals surface area contributed by atoms with Crippen LogP contribution < -0.4 is 10.6 Å². The maximum absolute atomic E-state index is 12.5. The van der Waals surface area contributed by atoms with Crippen molar-refractivity contribution < 1.29 is 9.59 Å². The number of carbonyl (C=O) groups excluding carboxylic acids is 2. The number of rotatable bonds is 5. The average Bonchev–Trinajstić information content (AvgIpc) is 2.97. The van der Waals surface area contributed by atoms with Crippen molar-refractivity contribution in [3.63, 3.8) is 0 Å². The van der Waals surface area contributed by atoms with Gasteiger partial charge in [-0.05, 0) is 62.5 Å². The quantitative estimate of drug-likeness (QED) is 0.801. The predicted molar refractivity (Wildman–Crippen MR) is 108 cm³/mol. The minimum atomic E-state index is -0.494. The first kappa shape index (κ1) is 18.8. The molecule has 0 aliphatic carbocycles. The summed E-state index contributed by atoms with van der Waals surface area (Å²) >= 11 is 0. The minimum absolute atomic E-state index is 0.121. The monoisotopic (exact) mass is 364 g/mol. The molecule has 0 fully saturated rings. The van der Waals surface area contributed by atoms with Crippen molar-refractivity contribution in [3.05, 3.63) is 59.2 Å². The zero-order valence-electron chi connectivity index (χ0n) is 16.0. The average molecular weight is 364 g/mol. The zero-order valence-corrected chi connectivity index (χ0v) is 16.0. The first-order valence-electron chi connectivity index (χ1n) is 8.85. The summed E-state index contributed by atoms with van der Waals surface area (Å²) in [6.07, 6.45) is 0. The summed E-state index contributed by atoms with van der Waals surface area (Å²) in [7, 11) is 5.64. The Kier molecular flexibility index (Phi) is 5.37. The number of anilines is 1. The second-order valence-electron chi connectivity index (χ2n) is 6.96. The Labute approximate surface area is 159 Å². The molecule has 2 aromatic carbocycles. The van der Waals surface area contributed by atoms with Crippen LogP contribution in [0.1, 0.15) is 34.3 Å². The van der Waals surface area contributed by atoms with Crippen molar-refractivity contribution in [1.29, 1.82) is 0 Å². The number of hydrogen-bond donors (Lipinski definition) is 2. The SMILES string of the molecule is CNC(=O)c1ccc2c(c1)C(C(C)=Nc1ccc(CN(C)C)cc1)C(=O)N2. The lowest BCUT2D eigenvalue weighted by Gasteiger charge is -2.11. The van der Waals surface area contributed by atoms with Gasteiger partial charge in [0.15, 0.2) is 0 Å². The minimum Gasteiger partial charge on any atom is -0.355 e. The maximum atomic E-state index is 12.5. The molecule has 1 aliphatic rings. The molecular weight excluding hydrogens is 340 g/mol. The lowest BCUT2D eigenvalue weighted by molar-refractivity contribution is -0.115. The van der Waals surface area contributed by atoms with E-state index in [-0.39, 0.29) is 11.8 Å². The van der Waals surface area contributed by atoms with Gasteiger partial charge in [-0.3, -0.25) is 14.6 Å². The van der Waals surface area contributed by atoms with Crippen LogP contribution in [0.5, 0.6) is 0 Å². The maximum Gasteiger partial charge on any atom is 0.251 e. The Morgan fingerprint density at radius 3 is 2.52 bits per heavy atom. The molecule has 0 aromatic heterocycles. The zero-order chi connectivity index (χ0) is 19.6. The number of aliphatic imine (C=N–C) groups is 1. The molecule has 3 rings (SSSR count). The fraction of sp³-hybridized carbons (Fsp3) is 0.286. The van der Waals surface area contributed by atoms with Crippen LogP contribution in [0.15, 0.2) is 47.5 Å². The van der Waals surface area contributed by atoms with E-state index in [4.69, 9.17) is 0 Å². The van der Waals surface area contributed by atoms with E-state index in [0.717, 1.165) is 23.5 Å². The highest BCUT2D eigenvalue weighted by molar-refractivity contribution is 6.18.